The Hall–Kier alpha value is -10.6. The number of anilines is 3. The number of para-hydroxylation sites is 1. The van der Waals surface area contributed by atoms with E-state index in [0.29, 0.717) is 177 Å². The Labute approximate surface area is 852 Å². The topological polar surface area (TPSA) is 546 Å². The predicted molar refractivity (Wildman–Crippen MR) is 530 cm³/mol. The zero-order chi connectivity index (χ0) is 105. The molecule has 3 aromatic heterocycles. The fraction of sp³-hybridized carbons (Fsp3) is 0.618. The van der Waals surface area contributed by atoms with E-state index in [1.165, 1.54) is 40.2 Å². The Morgan fingerprint density at radius 3 is 1.82 bits per heavy atom. The molecule has 0 spiro atoms. The van der Waals surface area contributed by atoms with Crippen LogP contribution in [-0.2, 0) is 132 Å². The van der Waals surface area contributed by atoms with Gasteiger partial charge < -0.3 is 133 Å². The summed E-state index contributed by atoms with van der Waals surface area (Å²) in [6.45, 7) is 18.5. The van der Waals surface area contributed by atoms with Crippen LogP contribution in [0.4, 0.5) is 21.4 Å². The van der Waals surface area contributed by atoms with E-state index in [1.807, 2.05) is 59.0 Å². The smallest absolute Gasteiger partial charge is 0.410 e. The zero-order valence-electron chi connectivity index (χ0n) is 84.2. The van der Waals surface area contributed by atoms with Gasteiger partial charge in [-0.3, -0.25) is 48.5 Å². The summed E-state index contributed by atoms with van der Waals surface area (Å²) in [6.07, 6.45) is -2.39. The SMILES string of the molecule is COCCOCCOCCOCCOCCOCCOCCOCCOCCOCCOCCN(CCC(=O)N[C@H](C(=O)N[C@@H](C)C(=O)Nc1ccc(COC(=O)N(CCOC23CC4(C)CC(C)(CC(Cn5ncc(-c6ccc(N7CCc8cccc(C(=O)Nc9nc%10ccccc%10s9)c8C7)nc6C(=O)O)c5C)(C4)C2)C3)CC[C@H](O)CO)c(CC[C@@H]2O[C@H](C(=O)O)[C@H](O)[C@@H](O)[C@H]2O)c1)C(C)C)C(=O)CN1C(=O)C=CC1=O. The number of methoxy groups -OCH3 is 1. The number of ether oxygens (including phenoxy) is 14. The molecule has 3 aliphatic heterocycles. The van der Waals surface area contributed by atoms with Crippen molar-refractivity contribution in [2.75, 3.05) is 214 Å². The van der Waals surface area contributed by atoms with E-state index in [0.717, 1.165) is 76.2 Å². The maximum atomic E-state index is 14.6. The van der Waals surface area contributed by atoms with Crippen LogP contribution in [0, 0.1) is 29.1 Å². The first-order valence-corrected chi connectivity index (χ1v) is 50.7. The fourth-order valence-corrected chi connectivity index (χ4v) is 21.6. The van der Waals surface area contributed by atoms with Gasteiger partial charge in [-0.05, 0) is 165 Å². The number of carbonyl (C=O) groups is 10. The molecule has 44 heteroatoms. The quantitative estimate of drug-likeness (QED) is 0.0170. The Morgan fingerprint density at radius 2 is 1.23 bits per heavy atom. The number of pyridine rings is 1. The predicted octanol–water partition coefficient (Wildman–Crippen LogP) is 5.30. The molecule has 7 aliphatic rings. The summed E-state index contributed by atoms with van der Waals surface area (Å²) >= 11 is 1.39. The summed E-state index contributed by atoms with van der Waals surface area (Å²) in [7, 11) is 1.62. The monoisotopic (exact) mass is 2060 g/mol. The molecular weight excluding hydrogens is 1920 g/mol. The summed E-state index contributed by atoms with van der Waals surface area (Å²) in [5, 5.41) is 90.5. The number of aryl methyl sites for hydroxylation is 1. The van der Waals surface area contributed by atoms with Gasteiger partial charge in [-0.2, -0.15) is 5.10 Å². The number of aliphatic hydroxyl groups is 5. The lowest BCUT2D eigenvalue weighted by molar-refractivity contribution is -0.248. The number of nitrogens with one attached hydrogen (secondary N) is 4. The average molecular weight is 2060 g/mol. The van der Waals surface area contributed by atoms with Gasteiger partial charge in [0.1, 0.15) is 49.4 Å². The molecule has 0 radical (unpaired) electrons. The molecule has 4 bridgehead atoms. The number of aliphatic hydroxyl groups excluding tert-OH is 5. The number of carbonyl (C=O) groups excluding carboxylic acids is 8. The largest absolute Gasteiger partial charge is 0.479 e. The van der Waals surface area contributed by atoms with Gasteiger partial charge in [0.2, 0.25) is 23.6 Å². The van der Waals surface area contributed by atoms with E-state index in [-0.39, 0.29) is 125 Å². The third-order valence-corrected chi connectivity index (χ3v) is 27.8. The highest BCUT2D eigenvalue weighted by molar-refractivity contribution is 7.22. The number of rotatable bonds is 65. The number of hydrogen-bond donors (Lipinski definition) is 11. The van der Waals surface area contributed by atoms with E-state index in [2.05, 4.69) is 40.1 Å². The summed E-state index contributed by atoms with van der Waals surface area (Å²) in [5.41, 5.74) is 4.34. The van der Waals surface area contributed by atoms with Crippen LogP contribution >= 0.6 is 11.3 Å². The molecule has 43 nitrogen and oxygen atoms in total. The molecule has 6 heterocycles. The van der Waals surface area contributed by atoms with Crippen molar-refractivity contribution >= 4 is 97.6 Å². The number of thiazole rings is 1. The second-order valence-electron chi connectivity index (χ2n) is 38.9. The standard InChI is InChI=1S/C102H142N12O31S/c1-66(2)86(108-82(117)25-28-110(85(120)56-113-83(118)21-22-84(113)119)29-31-133-35-36-135-39-40-137-43-44-139-47-48-141-51-52-142-50-49-140-46-45-138-42-41-136-38-37-134-34-33-132-7)94(126)104-67(3)92(124)105-72-17-15-71(70(53-72)16-19-79-88(121)89(122)90(123)91(145-79)96(129)130)58-143-98(131)111(27-24-73(116)57-115)30-32-144-102-62-99(5)59-100(6,63-102)61-101(60-99,64-102)65-114-68(4)76(54-103-114)74-18-20-81(107-87(74)95(127)128)112-26-23-69-11-10-12-75(77(69)55-112)93(125)109-97-106-78-13-8-9-14-80(78)146-97/h8-15,17-18,20-22,53-54,66-67,73,79,86,88-91,115-116,121-123H,16,19,23-52,55-65H2,1-7H3,(H,104,126)(H,105,124)(H,108,117)(H,127,128)(H,129,130)(H,106,109,125)/t67-,73-,79-,86-,88-,89-,90+,91-,99?,100?,101?,102?/m0/s1. The van der Waals surface area contributed by atoms with E-state index in [9.17, 15) is 83.7 Å². The number of aliphatic carboxylic acids is 1. The average Bonchev–Trinajstić information content (AvgIpc) is 0.825. The summed E-state index contributed by atoms with van der Waals surface area (Å²) in [6, 6.07) is 19.0. The molecule has 8 amide bonds. The van der Waals surface area contributed by atoms with Gasteiger partial charge >= 0.3 is 18.0 Å². The number of nitrogens with zero attached hydrogens (tertiary/aromatic N) is 8. The highest BCUT2D eigenvalue weighted by Gasteiger charge is 2.66. The Bertz CT molecular complexity index is 5300. The van der Waals surface area contributed by atoms with Crippen LogP contribution in [0.25, 0.3) is 21.3 Å². The lowest BCUT2D eigenvalue weighted by Gasteiger charge is -2.69. The van der Waals surface area contributed by atoms with Gasteiger partial charge in [0.05, 0.1) is 186 Å². The van der Waals surface area contributed by atoms with Gasteiger partial charge in [0.15, 0.2) is 16.9 Å². The van der Waals surface area contributed by atoms with Crippen LogP contribution in [0.1, 0.15) is 141 Å². The third-order valence-electron chi connectivity index (χ3n) is 26.9. The van der Waals surface area contributed by atoms with Crippen LogP contribution in [0.15, 0.2) is 91.1 Å². The van der Waals surface area contributed by atoms with Crippen molar-refractivity contribution in [2.45, 2.75) is 186 Å². The summed E-state index contributed by atoms with van der Waals surface area (Å²) in [4.78, 5) is 150. The molecule has 1 saturated heterocycles. The molecule has 6 aromatic rings. The van der Waals surface area contributed by atoms with E-state index >= 15 is 0 Å². The molecule has 802 valence electrons. The van der Waals surface area contributed by atoms with Gasteiger partial charge in [-0.1, -0.05) is 69.4 Å². The van der Waals surface area contributed by atoms with Crippen LogP contribution in [0.3, 0.4) is 0 Å². The Kier molecular flexibility index (Phi) is 43.5. The summed E-state index contributed by atoms with van der Waals surface area (Å²) in [5.74, 6) is -7.39. The first kappa shape index (κ1) is 114. The number of carboxylic acids is 2. The number of amides is 8. The number of hydrogen-bond acceptors (Lipinski definition) is 34. The minimum Gasteiger partial charge on any atom is -0.479 e. The number of fused-ring (bicyclic) bond motifs is 2. The minimum absolute atomic E-state index is 0.00973. The maximum Gasteiger partial charge on any atom is 0.410 e. The lowest BCUT2D eigenvalue weighted by atomic mass is 9.39. The number of imide groups is 1. The fourth-order valence-electron chi connectivity index (χ4n) is 20.7. The van der Waals surface area contributed by atoms with Crippen molar-refractivity contribution in [2.24, 2.45) is 22.2 Å². The van der Waals surface area contributed by atoms with Crippen molar-refractivity contribution < 1.29 is 150 Å². The number of benzene rings is 3. The molecule has 2 unspecified atom stereocenters. The van der Waals surface area contributed by atoms with Crippen molar-refractivity contribution in [3.8, 4) is 11.1 Å². The van der Waals surface area contributed by atoms with Gasteiger partial charge in [-0.25, -0.2) is 24.4 Å². The van der Waals surface area contributed by atoms with Gasteiger partial charge in [-0.15, -0.1) is 0 Å². The minimum atomic E-state index is -1.97. The van der Waals surface area contributed by atoms with E-state index < -0.39 is 133 Å². The zero-order valence-corrected chi connectivity index (χ0v) is 85.0. The molecule has 3 aromatic carbocycles. The van der Waals surface area contributed by atoms with Crippen molar-refractivity contribution in [3.63, 3.8) is 0 Å². The molecule has 4 aliphatic carbocycles. The van der Waals surface area contributed by atoms with Crippen LogP contribution in [0.5, 0.6) is 0 Å². The van der Waals surface area contributed by atoms with Crippen molar-refractivity contribution in [1.29, 1.82) is 0 Å². The number of aromatic carboxylic acids is 1. The molecule has 5 fully saturated rings. The second kappa shape index (κ2) is 55.6. The van der Waals surface area contributed by atoms with Crippen molar-refractivity contribution in [1.82, 2.24) is 45.1 Å². The number of carboxylic acid groups (broad SMARTS) is 2. The Balaban J connectivity index is 0.605. The molecule has 4 saturated carbocycles. The lowest BCUT2D eigenvalue weighted by Crippen LogP contribution is -2.64. The molecule has 146 heavy (non-hydrogen) atoms. The first-order chi connectivity index (χ1) is 70.2. The van der Waals surface area contributed by atoms with Crippen LogP contribution in [-0.4, -0.2) is 382 Å². The normalized spacial score (nSPS) is 21.6. The molecular formula is C102H142N12O31S. The summed E-state index contributed by atoms with van der Waals surface area (Å²) < 4.78 is 82.0. The highest BCUT2D eigenvalue weighted by Crippen LogP contribution is 2.72. The molecule has 11 N–H and O–H groups in total. The molecule has 10 atom stereocenters. The number of aromatic nitrogens is 4. The molecule has 13 rings (SSSR count). The van der Waals surface area contributed by atoms with Crippen LogP contribution in [0.2, 0.25) is 0 Å². The second-order valence-corrected chi connectivity index (χ2v) is 39.9. The maximum absolute atomic E-state index is 14.6. The first-order valence-electron chi connectivity index (χ1n) is 49.9. The van der Waals surface area contributed by atoms with E-state index in [1.54, 1.807) is 45.4 Å². The van der Waals surface area contributed by atoms with Crippen LogP contribution < -0.4 is 26.2 Å². The Morgan fingerprint density at radius 1 is 0.623 bits per heavy atom. The highest BCUT2D eigenvalue weighted by atomic mass is 32.1. The third kappa shape index (κ3) is 32.7. The van der Waals surface area contributed by atoms with E-state index in [4.69, 9.17) is 76.4 Å². The van der Waals surface area contributed by atoms with Crippen molar-refractivity contribution in [3.05, 3.63) is 130 Å². The van der Waals surface area contributed by atoms with Gasteiger partial charge in [0, 0.05) is 99.6 Å². The van der Waals surface area contributed by atoms with Gasteiger partial charge in [0.25, 0.3) is 17.7 Å².